The summed E-state index contributed by atoms with van der Waals surface area (Å²) in [6.45, 7) is 11.1. The lowest BCUT2D eigenvalue weighted by Crippen LogP contribution is -2.73. The summed E-state index contributed by atoms with van der Waals surface area (Å²) in [5, 5.41) is 7.85. The molecule has 1 amide bonds. The van der Waals surface area contributed by atoms with Crippen molar-refractivity contribution in [1.29, 1.82) is 0 Å². The number of amides is 1. The Morgan fingerprint density at radius 2 is 1.30 bits per heavy atom. The standard InChI is InChI=1S/C36H38N4O2SSi/c1-35(2,3)44(5,6)40-33(42)31(32(41)25-22-23-30-29(24-25)37-38-39(30)4)34(40)43-36(26-16-10-7-11-17-26,27-18-12-8-13-19-27)28-20-14-9-15-21-28/h7-24,31,34H,1-6H3. The molecule has 1 saturated heterocycles. The van der Waals surface area contributed by atoms with Crippen molar-refractivity contribution in [3.8, 4) is 0 Å². The van der Waals surface area contributed by atoms with Gasteiger partial charge in [0.05, 0.1) is 15.6 Å². The zero-order chi connectivity index (χ0) is 31.3. The Balaban J connectivity index is 1.54. The fourth-order valence-electron chi connectivity index (χ4n) is 6.06. The summed E-state index contributed by atoms with van der Waals surface area (Å²) in [6, 6.07) is 36.8. The van der Waals surface area contributed by atoms with E-state index < -0.39 is 18.9 Å². The Hall–Kier alpha value is -4.01. The number of rotatable bonds is 8. The van der Waals surface area contributed by atoms with Crippen LogP contribution in [-0.2, 0) is 16.6 Å². The second-order valence-electron chi connectivity index (χ2n) is 13.1. The van der Waals surface area contributed by atoms with Crippen LogP contribution in [0.1, 0.15) is 47.8 Å². The highest BCUT2D eigenvalue weighted by Crippen LogP contribution is 2.57. The van der Waals surface area contributed by atoms with E-state index in [9.17, 15) is 9.59 Å². The summed E-state index contributed by atoms with van der Waals surface area (Å²) >= 11 is 1.72. The smallest absolute Gasteiger partial charge is 0.229 e. The number of benzene rings is 4. The maximum absolute atomic E-state index is 14.4. The van der Waals surface area contributed by atoms with Crippen LogP contribution in [-0.4, -0.2) is 44.9 Å². The Morgan fingerprint density at radius 3 is 1.77 bits per heavy atom. The van der Waals surface area contributed by atoms with E-state index in [1.54, 1.807) is 28.6 Å². The predicted molar refractivity (Wildman–Crippen MR) is 181 cm³/mol. The second kappa shape index (κ2) is 11.2. The van der Waals surface area contributed by atoms with Crippen molar-refractivity contribution in [3.63, 3.8) is 0 Å². The molecule has 1 aromatic heterocycles. The minimum Gasteiger partial charge on any atom is -0.356 e. The molecule has 0 saturated carbocycles. The third-order valence-corrected chi connectivity index (χ3v) is 16.8. The van der Waals surface area contributed by atoms with Gasteiger partial charge in [-0.05, 0) is 39.9 Å². The SMILES string of the molecule is Cn1nnc2cc(C(=O)C3C(=O)N([Si](C)(C)C(C)(C)C)C3SC(c3ccccc3)(c3ccccc3)c3ccccc3)ccc21. The normalized spacial score (nSPS) is 17.5. The van der Waals surface area contributed by atoms with Crippen molar-refractivity contribution < 1.29 is 9.59 Å². The minimum absolute atomic E-state index is 0.0820. The number of carbonyl (C=O) groups is 2. The average molecular weight is 619 g/mol. The molecule has 0 aliphatic carbocycles. The van der Waals surface area contributed by atoms with E-state index in [2.05, 4.69) is 122 Å². The molecule has 8 heteroatoms. The number of ketones is 1. The van der Waals surface area contributed by atoms with Crippen molar-refractivity contribution in [1.82, 2.24) is 19.6 Å². The number of aromatic nitrogens is 3. The molecule has 0 radical (unpaired) electrons. The van der Waals surface area contributed by atoms with Crippen LogP contribution < -0.4 is 0 Å². The molecular weight excluding hydrogens is 581 g/mol. The van der Waals surface area contributed by atoms with Crippen molar-refractivity contribution in [2.45, 2.75) is 49.0 Å². The molecule has 2 unspecified atom stereocenters. The molecule has 1 fully saturated rings. The first-order valence-electron chi connectivity index (χ1n) is 15.0. The summed E-state index contributed by atoms with van der Waals surface area (Å²) in [4.78, 5) is 28.8. The van der Waals surface area contributed by atoms with Gasteiger partial charge in [-0.2, -0.15) is 0 Å². The molecule has 2 heterocycles. The van der Waals surface area contributed by atoms with Gasteiger partial charge in [0, 0.05) is 12.6 Å². The quantitative estimate of drug-likeness (QED) is 0.0587. The number of fused-ring (bicyclic) bond motifs is 1. The zero-order valence-corrected chi connectivity index (χ0v) is 27.9. The van der Waals surface area contributed by atoms with Gasteiger partial charge in [0.25, 0.3) is 0 Å². The first kappa shape index (κ1) is 30.0. The highest BCUT2D eigenvalue weighted by atomic mass is 32.2. The van der Waals surface area contributed by atoms with E-state index in [0.29, 0.717) is 11.1 Å². The molecule has 1 aliphatic heterocycles. The van der Waals surface area contributed by atoms with E-state index >= 15 is 0 Å². The van der Waals surface area contributed by atoms with Gasteiger partial charge in [0.15, 0.2) is 14.0 Å². The van der Waals surface area contributed by atoms with Crippen molar-refractivity contribution in [3.05, 3.63) is 131 Å². The summed E-state index contributed by atoms with van der Waals surface area (Å²) in [5.74, 6) is -1.07. The highest BCUT2D eigenvalue weighted by molar-refractivity contribution is 8.01. The van der Waals surface area contributed by atoms with E-state index in [0.717, 1.165) is 22.2 Å². The van der Waals surface area contributed by atoms with Crippen molar-refractivity contribution in [2.24, 2.45) is 13.0 Å². The summed E-state index contributed by atoms with van der Waals surface area (Å²) in [5.41, 5.74) is 5.27. The molecule has 6 rings (SSSR count). The van der Waals surface area contributed by atoms with Crippen LogP contribution in [0.2, 0.25) is 18.1 Å². The van der Waals surface area contributed by atoms with Gasteiger partial charge in [-0.15, -0.1) is 16.9 Å². The molecule has 2 atom stereocenters. The summed E-state index contributed by atoms with van der Waals surface area (Å²) < 4.78 is 3.11. The molecule has 224 valence electrons. The third kappa shape index (κ3) is 4.81. The number of Topliss-reactive ketones (excluding diaryl/α,β-unsaturated/α-hetero) is 1. The largest absolute Gasteiger partial charge is 0.356 e. The first-order valence-corrected chi connectivity index (χ1v) is 18.8. The van der Waals surface area contributed by atoms with Gasteiger partial charge in [-0.25, -0.2) is 4.68 Å². The molecule has 0 spiro atoms. The van der Waals surface area contributed by atoms with E-state index in [1.165, 1.54) is 0 Å². The van der Waals surface area contributed by atoms with Gasteiger partial charge in [-0.1, -0.05) is 130 Å². The van der Waals surface area contributed by atoms with Gasteiger partial charge in [-0.3, -0.25) is 9.59 Å². The molecule has 5 aromatic rings. The second-order valence-corrected chi connectivity index (χ2v) is 19.5. The average Bonchev–Trinajstić information content (AvgIpc) is 3.39. The molecule has 0 bridgehead atoms. The summed E-state index contributed by atoms with van der Waals surface area (Å²) in [6.07, 6.45) is 0. The number of nitrogens with zero attached hydrogens (tertiary/aromatic N) is 4. The third-order valence-electron chi connectivity index (χ3n) is 9.50. The fraction of sp³-hybridized carbons (Fsp3) is 0.278. The number of aryl methyl sites for hydroxylation is 1. The Labute approximate surface area is 264 Å². The lowest BCUT2D eigenvalue weighted by Gasteiger charge is -2.59. The lowest BCUT2D eigenvalue weighted by molar-refractivity contribution is -0.140. The molecule has 44 heavy (non-hydrogen) atoms. The number of thioether (sulfide) groups is 1. The maximum atomic E-state index is 14.4. The monoisotopic (exact) mass is 618 g/mol. The molecule has 0 N–H and O–H groups in total. The molecule has 1 aliphatic rings. The number of hydrogen-bond acceptors (Lipinski definition) is 5. The maximum Gasteiger partial charge on any atom is 0.229 e. The fourth-order valence-corrected chi connectivity index (χ4v) is 11.0. The topological polar surface area (TPSA) is 68.1 Å². The number of hydrogen-bond donors (Lipinski definition) is 0. The molecular formula is C36H38N4O2SSi. The Morgan fingerprint density at radius 1 is 0.795 bits per heavy atom. The van der Waals surface area contributed by atoms with Crippen LogP contribution in [0.4, 0.5) is 0 Å². The van der Waals surface area contributed by atoms with E-state index in [4.69, 9.17) is 0 Å². The zero-order valence-electron chi connectivity index (χ0n) is 26.1. The Kier molecular flexibility index (Phi) is 7.62. The first-order chi connectivity index (χ1) is 21.0. The Bertz CT molecular complexity index is 1720. The predicted octanol–water partition coefficient (Wildman–Crippen LogP) is 7.67. The van der Waals surface area contributed by atoms with Crippen LogP contribution in [0.25, 0.3) is 11.0 Å². The van der Waals surface area contributed by atoms with Crippen LogP contribution in [0, 0.1) is 5.92 Å². The van der Waals surface area contributed by atoms with Crippen molar-refractivity contribution in [2.75, 3.05) is 0 Å². The van der Waals surface area contributed by atoms with Crippen molar-refractivity contribution >= 4 is 42.7 Å². The van der Waals surface area contributed by atoms with Crippen LogP contribution >= 0.6 is 11.8 Å². The van der Waals surface area contributed by atoms with Gasteiger partial charge >= 0.3 is 0 Å². The van der Waals surface area contributed by atoms with Crippen LogP contribution in [0.3, 0.4) is 0 Å². The summed E-state index contributed by atoms with van der Waals surface area (Å²) in [7, 11) is -0.568. The number of β-lactam (4-membered cyclic amide) rings is 1. The van der Waals surface area contributed by atoms with Gasteiger partial charge in [0.1, 0.15) is 11.4 Å². The van der Waals surface area contributed by atoms with Gasteiger partial charge in [0.2, 0.25) is 5.91 Å². The molecule has 4 aromatic carbocycles. The van der Waals surface area contributed by atoms with E-state index in [-0.39, 0.29) is 22.1 Å². The highest BCUT2D eigenvalue weighted by Gasteiger charge is 2.62. The minimum atomic E-state index is -2.39. The van der Waals surface area contributed by atoms with Gasteiger partial charge < -0.3 is 4.57 Å². The number of carbonyl (C=O) groups excluding carboxylic acids is 2. The van der Waals surface area contributed by atoms with Crippen LogP contribution in [0.15, 0.2) is 109 Å². The van der Waals surface area contributed by atoms with Crippen LogP contribution in [0.5, 0.6) is 0 Å². The lowest BCUT2D eigenvalue weighted by atomic mass is 9.84. The molecule has 6 nitrogen and oxygen atoms in total. The van der Waals surface area contributed by atoms with E-state index in [1.807, 2.05) is 31.3 Å².